The summed E-state index contributed by atoms with van der Waals surface area (Å²) >= 11 is 0. The summed E-state index contributed by atoms with van der Waals surface area (Å²) in [5.41, 5.74) is 6.79. The second kappa shape index (κ2) is 7.27. The number of nitrogens with zero attached hydrogens (tertiary/aromatic N) is 2. The van der Waals surface area contributed by atoms with E-state index in [1.165, 1.54) is 12.4 Å². The van der Waals surface area contributed by atoms with Crippen molar-refractivity contribution in [3.63, 3.8) is 0 Å². The van der Waals surface area contributed by atoms with Crippen molar-refractivity contribution in [2.45, 2.75) is 31.7 Å². The summed E-state index contributed by atoms with van der Waals surface area (Å²) in [5, 5.41) is 20.3. The fourth-order valence-electron chi connectivity index (χ4n) is 3.54. The number of aromatic nitrogens is 2. The van der Waals surface area contributed by atoms with E-state index in [1.807, 2.05) is 10.8 Å². The number of carbonyl (C=O) groups excluding carboxylic acids is 1. The van der Waals surface area contributed by atoms with Crippen LogP contribution in [0.4, 0.5) is 0 Å². The number of nitrogens with two attached hydrogens (primary N) is 1. The van der Waals surface area contributed by atoms with Gasteiger partial charge in [-0.05, 0) is 12.8 Å². The molecule has 1 fully saturated rings. The van der Waals surface area contributed by atoms with Gasteiger partial charge in [-0.15, -0.1) is 0 Å². The van der Waals surface area contributed by atoms with Crippen LogP contribution in [0.1, 0.15) is 42.9 Å². The second-order valence-corrected chi connectivity index (χ2v) is 6.35. The van der Waals surface area contributed by atoms with Crippen LogP contribution in [0.2, 0.25) is 0 Å². The van der Waals surface area contributed by atoms with Gasteiger partial charge in [-0.25, -0.2) is 0 Å². The van der Waals surface area contributed by atoms with Gasteiger partial charge in [-0.3, -0.25) is 9.59 Å². The van der Waals surface area contributed by atoms with Gasteiger partial charge in [0.05, 0.1) is 23.0 Å². The van der Waals surface area contributed by atoms with E-state index in [2.05, 4.69) is 16.4 Å². The van der Waals surface area contributed by atoms with Gasteiger partial charge in [0.1, 0.15) is 6.07 Å². The van der Waals surface area contributed by atoms with E-state index < -0.39 is 5.91 Å². The predicted molar refractivity (Wildman–Crippen MR) is 98.7 cm³/mol. The van der Waals surface area contributed by atoms with E-state index in [9.17, 15) is 14.9 Å². The van der Waals surface area contributed by atoms with Gasteiger partial charge in [-0.2, -0.15) is 5.26 Å². The summed E-state index contributed by atoms with van der Waals surface area (Å²) in [7, 11) is 0. The van der Waals surface area contributed by atoms with Crippen LogP contribution in [0.25, 0.3) is 16.5 Å². The van der Waals surface area contributed by atoms with Crippen LogP contribution in [-0.4, -0.2) is 28.2 Å². The van der Waals surface area contributed by atoms with Crippen LogP contribution < -0.4 is 16.6 Å². The zero-order valence-electron chi connectivity index (χ0n) is 14.2. The molecule has 8 heteroatoms. The highest BCUT2D eigenvalue weighted by atomic mass is 16.1. The third kappa shape index (κ3) is 3.11. The molecule has 2 heterocycles. The molecule has 0 atom stereocenters. The van der Waals surface area contributed by atoms with E-state index in [0.29, 0.717) is 27.6 Å². The van der Waals surface area contributed by atoms with Crippen LogP contribution in [0.3, 0.4) is 0 Å². The van der Waals surface area contributed by atoms with Crippen molar-refractivity contribution >= 4 is 28.6 Å². The van der Waals surface area contributed by atoms with Gasteiger partial charge < -0.3 is 26.0 Å². The summed E-state index contributed by atoms with van der Waals surface area (Å²) in [5.74, 6) is -0.524. The van der Waals surface area contributed by atoms with Gasteiger partial charge in [-0.1, -0.05) is 12.8 Å². The lowest BCUT2D eigenvalue weighted by molar-refractivity contribution is -0.117. The van der Waals surface area contributed by atoms with Gasteiger partial charge >= 0.3 is 0 Å². The maximum atomic E-state index is 12.5. The number of fused-ring (bicyclic) bond motifs is 1. The maximum Gasteiger partial charge on any atom is 0.258 e. The number of hydrogen-bond donors (Lipinski definition) is 4. The quantitative estimate of drug-likeness (QED) is 0.583. The lowest BCUT2D eigenvalue weighted by atomic mass is 10.1. The fraction of sp³-hybridized carbons (Fsp3) is 0.333. The molecule has 0 bridgehead atoms. The first-order valence-electron chi connectivity index (χ1n) is 8.45. The Labute approximate surface area is 149 Å². The predicted octanol–water partition coefficient (Wildman–Crippen LogP) is 1.38. The van der Waals surface area contributed by atoms with Crippen molar-refractivity contribution in [1.82, 2.24) is 14.9 Å². The number of H-pyrrole nitrogens is 1. The van der Waals surface area contributed by atoms with Crippen LogP contribution in [0.15, 0.2) is 23.4 Å². The second-order valence-electron chi connectivity index (χ2n) is 6.35. The number of hydrogen-bond acceptors (Lipinski definition) is 5. The molecule has 0 spiro atoms. The van der Waals surface area contributed by atoms with Gasteiger partial charge in [0.25, 0.3) is 5.56 Å². The molecule has 5 N–H and O–H groups in total. The minimum atomic E-state index is -0.524. The fourth-order valence-corrected chi connectivity index (χ4v) is 3.54. The van der Waals surface area contributed by atoms with E-state index in [0.717, 1.165) is 31.9 Å². The third-order valence-corrected chi connectivity index (χ3v) is 4.70. The van der Waals surface area contributed by atoms with Crippen LogP contribution in [0, 0.1) is 16.7 Å². The van der Waals surface area contributed by atoms with Crippen molar-refractivity contribution < 1.29 is 4.79 Å². The first-order valence-corrected chi connectivity index (χ1v) is 8.45. The molecule has 1 amide bonds. The molecule has 1 saturated carbocycles. The normalized spacial score (nSPS) is 15.1. The number of nitriles is 1. The Kier molecular flexibility index (Phi) is 4.89. The van der Waals surface area contributed by atoms with Crippen molar-refractivity contribution in [2.75, 3.05) is 6.54 Å². The zero-order valence-corrected chi connectivity index (χ0v) is 14.2. The Morgan fingerprint density at radius 1 is 1.50 bits per heavy atom. The highest BCUT2D eigenvalue weighted by Gasteiger charge is 2.24. The molecule has 26 heavy (non-hydrogen) atoms. The molecule has 0 aromatic carbocycles. The summed E-state index contributed by atoms with van der Waals surface area (Å²) in [6.45, 7) is -0.0710. The number of nitrogens with one attached hydrogen (secondary N) is 3. The number of aromatic amines is 1. The summed E-state index contributed by atoms with van der Waals surface area (Å²) < 4.78 is 2.00. The van der Waals surface area contributed by atoms with Crippen molar-refractivity contribution in [2.24, 2.45) is 5.73 Å². The monoisotopic (exact) mass is 352 g/mol. The van der Waals surface area contributed by atoms with E-state index in [1.54, 1.807) is 0 Å². The minimum absolute atomic E-state index is 0.0710. The average Bonchev–Trinajstić information content (AvgIpc) is 3.27. The Morgan fingerprint density at radius 3 is 2.85 bits per heavy atom. The number of rotatable bonds is 6. The van der Waals surface area contributed by atoms with Crippen LogP contribution >= 0.6 is 0 Å². The zero-order chi connectivity index (χ0) is 18.7. The molecule has 2 aromatic rings. The molecular formula is C18H20N6O2. The average molecular weight is 352 g/mol. The summed E-state index contributed by atoms with van der Waals surface area (Å²) in [4.78, 5) is 26.0. The highest BCUT2D eigenvalue weighted by Crippen LogP contribution is 2.35. The summed E-state index contributed by atoms with van der Waals surface area (Å²) in [6.07, 6.45) is 10.1. The lowest BCUT2D eigenvalue weighted by Crippen LogP contribution is -2.25. The first kappa shape index (κ1) is 17.5. The van der Waals surface area contributed by atoms with Crippen molar-refractivity contribution in [3.8, 4) is 6.07 Å². The third-order valence-electron chi connectivity index (χ3n) is 4.70. The molecule has 0 saturated heterocycles. The number of allylic oxidation sites excluding steroid dienone is 1. The molecular weight excluding hydrogens is 332 g/mol. The maximum absolute atomic E-state index is 12.5. The van der Waals surface area contributed by atoms with E-state index >= 15 is 0 Å². The minimum Gasteiger partial charge on any atom is -0.382 e. The molecule has 2 aromatic heterocycles. The molecule has 8 nitrogen and oxygen atoms in total. The molecule has 0 unspecified atom stereocenters. The summed E-state index contributed by atoms with van der Waals surface area (Å²) in [6, 6.07) is 2.37. The van der Waals surface area contributed by atoms with Crippen LogP contribution in [-0.2, 0) is 4.79 Å². The van der Waals surface area contributed by atoms with Crippen molar-refractivity contribution in [3.05, 3.63) is 40.1 Å². The molecule has 1 aliphatic carbocycles. The molecule has 0 radical (unpaired) electrons. The Hall–Kier alpha value is -3.34. The van der Waals surface area contributed by atoms with E-state index in [4.69, 9.17) is 11.1 Å². The van der Waals surface area contributed by atoms with Crippen LogP contribution in [0.5, 0.6) is 0 Å². The number of amides is 1. The Balaban J connectivity index is 2.22. The Morgan fingerprint density at radius 2 is 2.23 bits per heavy atom. The Bertz CT molecular complexity index is 986. The number of carbonyl (C=O) groups is 1. The molecule has 134 valence electrons. The number of pyridine rings is 1. The van der Waals surface area contributed by atoms with Crippen molar-refractivity contribution in [1.29, 1.82) is 10.7 Å². The topological polar surface area (TPSA) is 141 Å². The molecule has 3 rings (SSSR count). The van der Waals surface area contributed by atoms with Gasteiger partial charge in [0.2, 0.25) is 5.91 Å². The molecule has 1 aliphatic rings. The molecule has 0 aliphatic heterocycles. The van der Waals surface area contributed by atoms with Gasteiger partial charge in [0, 0.05) is 42.0 Å². The lowest BCUT2D eigenvalue weighted by Gasteiger charge is -2.13. The first-order chi connectivity index (χ1) is 12.6. The largest absolute Gasteiger partial charge is 0.382 e. The van der Waals surface area contributed by atoms with Gasteiger partial charge in [0.15, 0.2) is 0 Å². The van der Waals surface area contributed by atoms with E-state index in [-0.39, 0.29) is 18.1 Å². The SMILES string of the molecule is N#Cc1c[nH]c(=O)c2c(/C(C=N)=C/NCC(N)=O)cn(C3CCCC3)c12. The smallest absolute Gasteiger partial charge is 0.258 e. The highest BCUT2D eigenvalue weighted by molar-refractivity contribution is 6.14. The number of primary amides is 1. The standard InChI is InChI=1S/C18H20N6O2/c19-5-11(7-22-9-15(21)25)14-10-24(13-3-1-2-4-13)17-12(6-20)8-23-18(26)16(14)17/h5,7-8,10,13,19,22H,1-4,9H2,(H2,21,25)(H,23,26)/b11-7+,19-5?.